The second-order valence-electron chi connectivity index (χ2n) is 16.5. The molecule has 14 rings (SSSR count). The number of hydrogen-bond donors (Lipinski definition) is 0. The maximum absolute atomic E-state index is 2.56. The zero-order valence-electron chi connectivity index (χ0n) is 28.9. The molecule has 52 heavy (non-hydrogen) atoms. The normalized spacial score (nSPS) is 25.7. The Hall–Kier alpha value is -5.18. The zero-order chi connectivity index (χ0) is 33.7. The van der Waals surface area contributed by atoms with Crippen LogP contribution in [0, 0.1) is 23.7 Å². The highest BCUT2D eigenvalue weighted by atomic mass is 32.1. The van der Waals surface area contributed by atoms with Crippen LogP contribution in [0.5, 0.6) is 0 Å². The summed E-state index contributed by atoms with van der Waals surface area (Å²) in [5.41, 5.74) is 14.6. The molecule has 6 unspecified atom stereocenters. The van der Waals surface area contributed by atoms with Gasteiger partial charge < -0.3 is 4.90 Å². The molecule has 7 aromatic carbocycles. The van der Waals surface area contributed by atoms with Crippen molar-refractivity contribution in [2.24, 2.45) is 23.7 Å². The Morgan fingerprint density at radius 2 is 1.33 bits per heavy atom. The van der Waals surface area contributed by atoms with Crippen molar-refractivity contribution in [3.63, 3.8) is 0 Å². The molecule has 2 heteroatoms. The molecule has 1 spiro atoms. The van der Waals surface area contributed by atoms with Crippen LogP contribution < -0.4 is 4.90 Å². The number of nitrogens with zero attached hydrogens (tertiary/aromatic N) is 1. The second-order valence-corrected chi connectivity index (χ2v) is 17.6. The highest BCUT2D eigenvalue weighted by Crippen LogP contribution is 2.77. The Morgan fingerprint density at radius 3 is 2.27 bits per heavy atom. The molecule has 6 aliphatic carbocycles. The summed E-state index contributed by atoms with van der Waals surface area (Å²) in [5, 5.41) is 5.18. The predicted octanol–water partition coefficient (Wildman–Crippen LogP) is 13.8. The van der Waals surface area contributed by atoms with Crippen LogP contribution in [0.25, 0.3) is 53.2 Å². The van der Waals surface area contributed by atoms with E-state index in [0.29, 0.717) is 0 Å². The smallest absolute Gasteiger partial charge is 0.0476 e. The molecule has 1 heterocycles. The molecule has 0 amide bonds. The summed E-state index contributed by atoms with van der Waals surface area (Å²) in [4.78, 5) is 2.43. The summed E-state index contributed by atoms with van der Waals surface area (Å²) < 4.78 is 2.66. The molecule has 0 N–H and O–H groups in total. The lowest BCUT2D eigenvalue weighted by Crippen LogP contribution is -2.54. The maximum atomic E-state index is 2.56. The quantitative estimate of drug-likeness (QED) is 0.178. The van der Waals surface area contributed by atoms with Gasteiger partial charge in [-0.15, -0.1) is 11.3 Å². The SMILES string of the molecule is c1cc2c3c(c1)C1C4CC5CC(C4)C3(c3ccc(-c4ccc(N(c6ccc7ccccc7c6)c6ccc7c(c6)sc6ccccc67)cc4)cc3-2)C1C5. The molecule has 6 aliphatic rings. The van der Waals surface area contributed by atoms with Crippen molar-refractivity contribution < 1.29 is 0 Å². The number of rotatable bonds is 4. The van der Waals surface area contributed by atoms with E-state index in [-0.39, 0.29) is 5.41 Å². The molecule has 0 aliphatic heterocycles. The molecule has 4 saturated carbocycles. The molecule has 1 nitrogen and oxygen atoms in total. The van der Waals surface area contributed by atoms with E-state index < -0.39 is 0 Å². The minimum atomic E-state index is 0.275. The van der Waals surface area contributed by atoms with Crippen LogP contribution >= 0.6 is 11.3 Å². The second kappa shape index (κ2) is 10.0. The van der Waals surface area contributed by atoms with Crippen molar-refractivity contribution in [3.8, 4) is 22.3 Å². The predicted molar refractivity (Wildman–Crippen MR) is 218 cm³/mol. The van der Waals surface area contributed by atoms with Crippen LogP contribution in [0.1, 0.15) is 48.3 Å². The molecule has 248 valence electrons. The minimum absolute atomic E-state index is 0.275. The monoisotopic (exact) mass is 683 g/mol. The van der Waals surface area contributed by atoms with Crippen LogP contribution in [-0.4, -0.2) is 0 Å². The summed E-state index contributed by atoms with van der Waals surface area (Å²) in [6, 6.07) is 55.5. The Bertz CT molecular complexity index is 2810. The highest BCUT2D eigenvalue weighted by molar-refractivity contribution is 7.25. The van der Waals surface area contributed by atoms with Crippen molar-refractivity contribution in [1.29, 1.82) is 0 Å². The molecule has 4 fully saturated rings. The fourth-order valence-electron chi connectivity index (χ4n) is 12.6. The molecular weight excluding hydrogens is 647 g/mol. The van der Waals surface area contributed by atoms with Crippen LogP contribution in [0.15, 0.2) is 146 Å². The van der Waals surface area contributed by atoms with E-state index in [1.807, 2.05) is 11.3 Å². The molecule has 1 aromatic heterocycles. The van der Waals surface area contributed by atoms with Gasteiger partial charge in [-0.25, -0.2) is 0 Å². The van der Waals surface area contributed by atoms with E-state index in [4.69, 9.17) is 0 Å². The van der Waals surface area contributed by atoms with Gasteiger partial charge in [-0.05, 0) is 154 Å². The third-order valence-electron chi connectivity index (χ3n) is 14.3. The van der Waals surface area contributed by atoms with Crippen molar-refractivity contribution in [2.45, 2.75) is 37.0 Å². The Morgan fingerprint density at radius 1 is 0.538 bits per heavy atom. The summed E-state index contributed by atoms with van der Waals surface area (Å²) >= 11 is 1.88. The average molecular weight is 684 g/mol. The lowest BCUT2D eigenvalue weighted by atomic mass is 9.43. The van der Waals surface area contributed by atoms with Gasteiger partial charge in [-0.1, -0.05) is 97.1 Å². The third kappa shape index (κ3) is 3.54. The maximum Gasteiger partial charge on any atom is 0.0476 e. The summed E-state index contributed by atoms with van der Waals surface area (Å²) in [6.45, 7) is 0. The van der Waals surface area contributed by atoms with E-state index in [2.05, 4.69) is 150 Å². The molecule has 6 atom stereocenters. The first-order chi connectivity index (χ1) is 25.7. The first kappa shape index (κ1) is 28.4. The van der Waals surface area contributed by atoms with Crippen molar-refractivity contribution in [2.75, 3.05) is 4.90 Å². The molecule has 0 saturated heterocycles. The topological polar surface area (TPSA) is 3.24 Å². The van der Waals surface area contributed by atoms with Gasteiger partial charge in [-0.2, -0.15) is 0 Å². The Kier molecular flexibility index (Phi) is 5.48. The van der Waals surface area contributed by atoms with Crippen LogP contribution in [0.4, 0.5) is 17.1 Å². The summed E-state index contributed by atoms with van der Waals surface area (Å²) in [5.74, 6) is 4.34. The fourth-order valence-corrected chi connectivity index (χ4v) is 13.8. The van der Waals surface area contributed by atoms with Gasteiger partial charge >= 0.3 is 0 Å². The van der Waals surface area contributed by atoms with E-state index >= 15 is 0 Å². The van der Waals surface area contributed by atoms with Crippen LogP contribution in [-0.2, 0) is 5.41 Å². The summed E-state index contributed by atoms with van der Waals surface area (Å²) in [7, 11) is 0. The molecule has 0 radical (unpaired) electrons. The number of hydrogen-bond acceptors (Lipinski definition) is 2. The van der Waals surface area contributed by atoms with Gasteiger partial charge in [0.2, 0.25) is 0 Å². The van der Waals surface area contributed by atoms with Gasteiger partial charge in [0, 0.05) is 42.6 Å². The van der Waals surface area contributed by atoms with Crippen molar-refractivity contribution in [1.82, 2.24) is 0 Å². The fraction of sp³-hybridized carbons (Fsp3) is 0.200. The molecule has 6 bridgehead atoms. The van der Waals surface area contributed by atoms with E-state index in [1.54, 1.807) is 22.3 Å². The lowest BCUT2D eigenvalue weighted by Gasteiger charge is -2.60. The van der Waals surface area contributed by atoms with E-state index in [1.165, 1.54) is 90.4 Å². The largest absolute Gasteiger partial charge is 0.310 e. The number of fused-ring (bicyclic) bond motifs is 6. The van der Waals surface area contributed by atoms with Crippen LogP contribution in [0.2, 0.25) is 0 Å². The number of benzene rings is 7. The first-order valence-corrected chi connectivity index (χ1v) is 20.1. The molecule has 8 aromatic rings. The molecular formula is C50H37NS. The van der Waals surface area contributed by atoms with Gasteiger partial charge in [0.25, 0.3) is 0 Å². The first-order valence-electron chi connectivity index (χ1n) is 19.3. The Balaban J connectivity index is 0.926. The van der Waals surface area contributed by atoms with Gasteiger partial charge in [0.05, 0.1) is 0 Å². The third-order valence-corrected chi connectivity index (χ3v) is 15.4. The Labute approximate surface area is 308 Å². The van der Waals surface area contributed by atoms with Gasteiger partial charge in [-0.3, -0.25) is 0 Å². The van der Waals surface area contributed by atoms with Crippen molar-refractivity contribution >= 4 is 59.3 Å². The van der Waals surface area contributed by atoms with Crippen LogP contribution in [0.3, 0.4) is 0 Å². The average Bonchev–Trinajstić information content (AvgIpc) is 3.80. The lowest BCUT2D eigenvalue weighted by molar-refractivity contribution is -0.0431. The standard InChI is InChI=1S/C50H37NS/c1-2-7-32-26-37(18-14-30(32)6-1)51(38-19-20-40-39-8-3-4-11-46(39)52-47(40)28-38)36-16-12-31(13-17-36)33-15-21-44-43(27-33)41-9-5-10-42-48-34-22-29-23-35(25-34)50(44,49(41)42)45(48)24-29/h1-21,26-29,34-35,45,48H,22-25H2. The summed E-state index contributed by atoms with van der Waals surface area (Å²) in [6.07, 6.45) is 5.81. The van der Waals surface area contributed by atoms with E-state index in [0.717, 1.165) is 29.6 Å². The minimum Gasteiger partial charge on any atom is -0.310 e. The number of thiophene rings is 1. The highest BCUT2D eigenvalue weighted by Gasteiger charge is 2.69. The van der Waals surface area contributed by atoms with Crippen molar-refractivity contribution in [3.05, 3.63) is 162 Å². The van der Waals surface area contributed by atoms with E-state index in [9.17, 15) is 0 Å². The van der Waals surface area contributed by atoms with Gasteiger partial charge in [0.1, 0.15) is 0 Å². The van der Waals surface area contributed by atoms with Gasteiger partial charge in [0.15, 0.2) is 0 Å². The number of anilines is 3. The zero-order valence-corrected chi connectivity index (χ0v) is 29.7.